The second-order valence-electron chi connectivity index (χ2n) is 6.86. The zero-order valence-corrected chi connectivity index (χ0v) is 14.6. The quantitative estimate of drug-likeness (QED) is 0.837. The van der Waals surface area contributed by atoms with Crippen molar-refractivity contribution in [1.29, 1.82) is 0 Å². The Kier molecular flexibility index (Phi) is 5.24. The molecule has 2 heterocycles. The normalized spacial score (nSPS) is 17.8. The van der Waals surface area contributed by atoms with Crippen molar-refractivity contribution >= 4 is 11.6 Å². The van der Waals surface area contributed by atoms with Crippen molar-refractivity contribution in [2.75, 3.05) is 24.5 Å². The molecule has 128 valence electrons. The third-order valence-electron chi connectivity index (χ3n) is 4.66. The lowest BCUT2D eigenvalue weighted by Crippen LogP contribution is -2.44. The molecule has 24 heavy (non-hydrogen) atoms. The lowest BCUT2D eigenvalue weighted by Gasteiger charge is -2.33. The second-order valence-corrected chi connectivity index (χ2v) is 6.86. The molecule has 0 radical (unpaired) electrons. The summed E-state index contributed by atoms with van der Waals surface area (Å²) in [5.74, 6) is 1.67. The van der Waals surface area contributed by atoms with Gasteiger partial charge < -0.3 is 14.2 Å². The Morgan fingerprint density at radius 1 is 1.29 bits per heavy atom. The summed E-state index contributed by atoms with van der Waals surface area (Å²) in [4.78, 5) is 16.9. The number of hydrogen-bond acceptors (Lipinski definition) is 3. The Hall–Kier alpha value is -2.23. The van der Waals surface area contributed by atoms with E-state index in [0.29, 0.717) is 19.0 Å². The maximum absolute atomic E-state index is 12.8. The number of anilines is 1. The molecule has 0 aliphatic carbocycles. The summed E-state index contributed by atoms with van der Waals surface area (Å²) in [6, 6.07) is 12.1. The van der Waals surface area contributed by atoms with E-state index < -0.39 is 0 Å². The molecule has 1 aromatic heterocycles. The molecule has 1 saturated heterocycles. The summed E-state index contributed by atoms with van der Waals surface area (Å²) in [6.07, 6.45) is 4.00. The van der Waals surface area contributed by atoms with Crippen LogP contribution in [0, 0.1) is 12.8 Å². The summed E-state index contributed by atoms with van der Waals surface area (Å²) in [5.41, 5.74) is 2.27. The third-order valence-corrected chi connectivity index (χ3v) is 4.66. The second kappa shape index (κ2) is 7.56. The highest BCUT2D eigenvalue weighted by Crippen LogP contribution is 2.20. The fourth-order valence-electron chi connectivity index (χ4n) is 3.26. The number of carbonyl (C=O) groups is 1. The predicted molar refractivity (Wildman–Crippen MR) is 95.9 cm³/mol. The van der Waals surface area contributed by atoms with Crippen LogP contribution in [0.25, 0.3) is 0 Å². The monoisotopic (exact) mass is 326 g/mol. The minimum atomic E-state index is 0.202. The minimum Gasteiger partial charge on any atom is -0.467 e. The molecular weight excluding hydrogens is 300 g/mol. The zero-order valence-electron chi connectivity index (χ0n) is 14.6. The van der Waals surface area contributed by atoms with Gasteiger partial charge in [-0.2, -0.15) is 0 Å². The molecule has 4 heteroatoms. The number of likely N-dealkylation sites (tertiary alicyclic amines) is 1. The van der Waals surface area contributed by atoms with Crippen molar-refractivity contribution < 1.29 is 9.21 Å². The smallest absolute Gasteiger partial charge is 0.242 e. The topological polar surface area (TPSA) is 36.7 Å². The number of rotatable bonds is 5. The Balaban J connectivity index is 1.73. The van der Waals surface area contributed by atoms with E-state index in [1.54, 1.807) is 6.26 Å². The van der Waals surface area contributed by atoms with Crippen LogP contribution in [0.15, 0.2) is 47.1 Å². The van der Waals surface area contributed by atoms with Crippen LogP contribution < -0.4 is 4.90 Å². The van der Waals surface area contributed by atoms with E-state index in [1.165, 1.54) is 12.0 Å². The molecule has 2 aromatic rings. The van der Waals surface area contributed by atoms with Gasteiger partial charge in [-0.05, 0) is 49.9 Å². The fourth-order valence-corrected chi connectivity index (χ4v) is 3.26. The first-order valence-corrected chi connectivity index (χ1v) is 8.73. The number of piperidine rings is 1. The van der Waals surface area contributed by atoms with E-state index in [0.717, 1.165) is 31.0 Å². The van der Waals surface area contributed by atoms with Crippen LogP contribution in [-0.2, 0) is 11.3 Å². The third kappa shape index (κ3) is 4.19. The minimum absolute atomic E-state index is 0.202. The molecule has 4 nitrogen and oxygen atoms in total. The van der Waals surface area contributed by atoms with Crippen LogP contribution in [-0.4, -0.2) is 30.4 Å². The van der Waals surface area contributed by atoms with Crippen LogP contribution in [0.3, 0.4) is 0 Å². The summed E-state index contributed by atoms with van der Waals surface area (Å²) in [6.45, 7) is 7.04. The van der Waals surface area contributed by atoms with E-state index in [1.807, 2.05) is 17.0 Å². The first-order chi connectivity index (χ1) is 11.6. The van der Waals surface area contributed by atoms with Gasteiger partial charge in [-0.1, -0.05) is 24.6 Å². The Morgan fingerprint density at radius 2 is 2.08 bits per heavy atom. The molecule has 0 spiro atoms. The van der Waals surface area contributed by atoms with E-state index >= 15 is 0 Å². The van der Waals surface area contributed by atoms with E-state index in [2.05, 4.69) is 43.0 Å². The van der Waals surface area contributed by atoms with Crippen LogP contribution in [0.2, 0.25) is 0 Å². The van der Waals surface area contributed by atoms with Crippen molar-refractivity contribution in [2.45, 2.75) is 33.2 Å². The molecule has 1 unspecified atom stereocenters. The largest absolute Gasteiger partial charge is 0.467 e. The van der Waals surface area contributed by atoms with Gasteiger partial charge in [-0.25, -0.2) is 0 Å². The number of furan rings is 1. The number of amides is 1. The van der Waals surface area contributed by atoms with Crippen molar-refractivity contribution in [2.24, 2.45) is 5.92 Å². The molecule has 1 aromatic carbocycles. The van der Waals surface area contributed by atoms with Gasteiger partial charge in [0.2, 0.25) is 5.91 Å². The molecule has 1 aliphatic heterocycles. The predicted octanol–water partition coefficient (Wildman–Crippen LogP) is 3.85. The van der Waals surface area contributed by atoms with Gasteiger partial charge in [0.1, 0.15) is 5.76 Å². The van der Waals surface area contributed by atoms with Gasteiger partial charge in [-0.3, -0.25) is 4.79 Å². The van der Waals surface area contributed by atoms with Crippen LogP contribution in [0.1, 0.15) is 31.1 Å². The van der Waals surface area contributed by atoms with Gasteiger partial charge in [0.15, 0.2) is 0 Å². The summed E-state index contributed by atoms with van der Waals surface area (Å²) >= 11 is 0. The van der Waals surface area contributed by atoms with Crippen molar-refractivity contribution in [1.82, 2.24) is 4.90 Å². The molecule has 0 bridgehead atoms. The number of aryl methyl sites for hydroxylation is 1. The maximum atomic E-state index is 12.8. The fraction of sp³-hybridized carbons (Fsp3) is 0.450. The standard InChI is InChI=1S/C20H26N2O2/c1-16-7-9-18(10-8-16)22(14-19-6-4-12-24-19)15-20(23)21-11-3-5-17(2)13-21/h4,6-10,12,17H,3,5,11,13-15H2,1-2H3. The summed E-state index contributed by atoms with van der Waals surface area (Å²) in [7, 11) is 0. The number of carbonyl (C=O) groups excluding carboxylic acids is 1. The van der Waals surface area contributed by atoms with Gasteiger partial charge in [0, 0.05) is 18.8 Å². The molecular formula is C20H26N2O2. The average molecular weight is 326 g/mol. The van der Waals surface area contributed by atoms with Gasteiger partial charge in [-0.15, -0.1) is 0 Å². The van der Waals surface area contributed by atoms with E-state index in [9.17, 15) is 4.79 Å². The van der Waals surface area contributed by atoms with Gasteiger partial charge in [0.25, 0.3) is 0 Å². The first-order valence-electron chi connectivity index (χ1n) is 8.73. The number of benzene rings is 1. The highest BCUT2D eigenvalue weighted by atomic mass is 16.3. The summed E-state index contributed by atoms with van der Waals surface area (Å²) < 4.78 is 5.49. The lowest BCUT2D eigenvalue weighted by atomic mass is 10.0. The van der Waals surface area contributed by atoms with E-state index in [4.69, 9.17) is 4.42 Å². The molecule has 1 aliphatic rings. The highest BCUT2D eigenvalue weighted by molar-refractivity contribution is 5.81. The molecule has 1 atom stereocenters. The van der Waals surface area contributed by atoms with Crippen molar-refractivity contribution in [3.63, 3.8) is 0 Å². The SMILES string of the molecule is Cc1ccc(N(CC(=O)N2CCCC(C)C2)Cc2ccco2)cc1. The van der Waals surface area contributed by atoms with Gasteiger partial charge >= 0.3 is 0 Å². The molecule has 1 fully saturated rings. The highest BCUT2D eigenvalue weighted by Gasteiger charge is 2.23. The zero-order chi connectivity index (χ0) is 16.9. The van der Waals surface area contributed by atoms with Crippen LogP contribution in [0.4, 0.5) is 5.69 Å². The number of hydrogen-bond donors (Lipinski definition) is 0. The Morgan fingerprint density at radius 3 is 2.75 bits per heavy atom. The molecule has 0 N–H and O–H groups in total. The first kappa shape index (κ1) is 16.6. The van der Waals surface area contributed by atoms with Crippen LogP contribution in [0.5, 0.6) is 0 Å². The number of nitrogens with zero attached hydrogens (tertiary/aromatic N) is 2. The van der Waals surface area contributed by atoms with Crippen molar-refractivity contribution in [3.8, 4) is 0 Å². The average Bonchev–Trinajstić information content (AvgIpc) is 3.08. The molecule has 1 amide bonds. The molecule has 3 rings (SSSR count). The Labute approximate surface area is 144 Å². The summed E-state index contributed by atoms with van der Waals surface area (Å²) in [5, 5.41) is 0. The van der Waals surface area contributed by atoms with E-state index in [-0.39, 0.29) is 5.91 Å². The molecule has 0 saturated carbocycles. The maximum Gasteiger partial charge on any atom is 0.242 e. The van der Waals surface area contributed by atoms with Crippen LogP contribution >= 0.6 is 0 Å². The lowest BCUT2D eigenvalue weighted by molar-refractivity contribution is -0.131. The Bertz CT molecular complexity index is 649. The van der Waals surface area contributed by atoms with Crippen molar-refractivity contribution in [3.05, 3.63) is 54.0 Å². The van der Waals surface area contributed by atoms with Gasteiger partial charge in [0.05, 0.1) is 19.4 Å².